The maximum Gasteiger partial charge on any atom is 0.102 e. The fraction of sp³-hybridized carbons (Fsp3) is 0. The Bertz CT molecular complexity index is 1250. The summed E-state index contributed by atoms with van der Waals surface area (Å²) >= 11 is 4.50. The van der Waals surface area contributed by atoms with Gasteiger partial charge in [0.05, 0.1) is 22.5 Å². The molecule has 1 aromatic heterocycles. The molecule has 0 aliphatic rings. The lowest BCUT2D eigenvalue weighted by Crippen LogP contribution is -2.02. The molecule has 0 fully saturated rings. The number of nitrogens with zero attached hydrogens (tertiary/aromatic N) is 3. The Morgan fingerprint density at radius 1 is 0.600 bits per heavy atom. The second kappa shape index (κ2) is 8.95. The van der Waals surface area contributed by atoms with Gasteiger partial charge < -0.3 is 0 Å². The van der Waals surface area contributed by atoms with Crippen LogP contribution in [0, 0.1) is 29.8 Å². The smallest absolute Gasteiger partial charge is 0.102 e. The Labute approximate surface area is 202 Å². The third kappa shape index (κ3) is 3.96. The zero-order valence-corrected chi connectivity index (χ0v) is 19.9. The Hall–Kier alpha value is -2.75. The van der Waals surface area contributed by atoms with Crippen molar-refractivity contribution in [2.45, 2.75) is 0 Å². The molecule has 0 bridgehead atoms. The van der Waals surface area contributed by atoms with Gasteiger partial charge in [-0.15, -0.1) is 0 Å². The normalized spacial score (nSPS) is 10.3. The summed E-state index contributed by atoms with van der Waals surface area (Å²) in [6.45, 7) is 0. The highest BCUT2D eigenvalue weighted by Gasteiger charge is 2.23. The molecule has 0 radical (unpaired) electrons. The lowest BCUT2D eigenvalue weighted by atomic mass is 9.90. The number of rotatable bonds is 3. The Balaban J connectivity index is 2.16. The highest BCUT2D eigenvalue weighted by atomic mass is 127. The molecule has 30 heavy (non-hydrogen) atoms. The van der Waals surface area contributed by atoms with Gasteiger partial charge in [-0.3, -0.25) is 0 Å². The minimum absolute atomic E-state index is 0.411. The third-order valence-electron chi connectivity index (χ3n) is 4.68. The molecule has 142 valence electrons. The summed E-state index contributed by atoms with van der Waals surface area (Å²) in [5.74, 6) is 0. The molecular formula is C25H13I2N3. The topological polar surface area (TPSA) is 60.5 Å². The quantitative estimate of drug-likeness (QED) is 0.235. The first-order valence-corrected chi connectivity index (χ1v) is 11.2. The van der Waals surface area contributed by atoms with Crippen molar-refractivity contribution in [2.75, 3.05) is 0 Å². The van der Waals surface area contributed by atoms with Crippen molar-refractivity contribution in [1.29, 1.82) is 10.5 Å². The molecule has 3 nitrogen and oxygen atoms in total. The van der Waals surface area contributed by atoms with Crippen molar-refractivity contribution in [3.8, 4) is 45.8 Å². The number of pyridine rings is 1. The summed E-state index contributed by atoms with van der Waals surface area (Å²) in [6.07, 6.45) is 0. The minimum atomic E-state index is 0.411. The lowest BCUT2D eigenvalue weighted by Gasteiger charge is -2.16. The largest absolute Gasteiger partial charge is 0.245 e. The van der Waals surface area contributed by atoms with Crippen LogP contribution in [0.15, 0.2) is 78.9 Å². The maximum absolute atomic E-state index is 10.1. The molecule has 0 spiro atoms. The number of hydrogen-bond donors (Lipinski definition) is 0. The van der Waals surface area contributed by atoms with Crippen LogP contribution >= 0.6 is 45.2 Å². The van der Waals surface area contributed by atoms with Gasteiger partial charge >= 0.3 is 0 Å². The van der Waals surface area contributed by atoms with Gasteiger partial charge in [-0.1, -0.05) is 54.6 Å². The Morgan fingerprint density at radius 3 is 1.50 bits per heavy atom. The van der Waals surface area contributed by atoms with Crippen LogP contribution < -0.4 is 0 Å². The molecule has 5 heteroatoms. The van der Waals surface area contributed by atoms with Crippen LogP contribution in [0.4, 0.5) is 0 Å². The highest BCUT2D eigenvalue weighted by molar-refractivity contribution is 14.1. The SMILES string of the molecule is N#Cc1c(-c2cccc(I)c2)nc(-c2cccc(I)c2)c(C#N)c1-c1ccccc1. The van der Waals surface area contributed by atoms with Crippen molar-refractivity contribution in [2.24, 2.45) is 0 Å². The summed E-state index contributed by atoms with van der Waals surface area (Å²) in [7, 11) is 0. The summed E-state index contributed by atoms with van der Waals surface area (Å²) in [5, 5.41) is 20.2. The maximum atomic E-state index is 10.1. The number of aromatic nitrogens is 1. The van der Waals surface area contributed by atoms with Gasteiger partial charge in [-0.05, 0) is 75.0 Å². The summed E-state index contributed by atoms with van der Waals surface area (Å²) in [5.41, 5.74) is 5.15. The van der Waals surface area contributed by atoms with Gasteiger partial charge in [0.2, 0.25) is 0 Å². The van der Waals surface area contributed by atoms with Gasteiger partial charge in [0.25, 0.3) is 0 Å². The van der Waals surface area contributed by atoms with E-state index >= 15 is 0 Å². The molecule has 0 N–H and O–H groups in total. The molecule has 4 aromatic rings. The molecule has 3 aromatic carbocycles. The third-order valence-corrected chi connectivity index (χ3v) is 6.02. The zero-order chi connectivity index (χ0) is 21.1. The number of halogens is 2. The predicted octanol–water partition coefficient (Wildman–Crippen LogP) is 7.04. The Morgan fingerprint density at radius 2 is 1.07 bits per heavy atom. The number of nitriles is 2. The molecule has 0 saturated carbocycles. The first-order chi connectivity index (χ1) is 14.6. The van der Waals surface area contributed by atoms with Crippen LogP contribution in [-0.2, 0) is 0 Å². The van der Waals surface area contributed by atoms with Crippen LogP contribution in [0.3, 0.4) is 0 Å². The van der Waals surface area contributed by atoms with Crippen molar-refractivity contribution in [3.05, 3.63) is 97.1 Å². The summed E-state index contributed by atoms with van der Waals surface area (Å²) in [4.78, 5) is 4.87. The van der Waals surface area contributed by atoms with E-state index in [4.69, 9.17) is 4.98 Å². The van der Waals surface area contributed by atoms with E-state index in [1.54, 1.807) is 0 Å². The molecule has 0 aliphatic heterocycles. The standard InChI is InChI=1S/C25H13I2N3/c26-19-10-4-8-17(12-19)24-21(14-28)23(16-6-2-1-3-7-16)22(15-29)25(30-24)18-9-5-11-20(27)13-18/h1-13H. The lowest BCUT2D eigenvalue weighted by molar-refractivity contribution is 1.27. The molecule has 4 rings (SSSR count). The monoisotopic (exact) mass is 609 g/mol. The van der Waals surface area contributed by atoms with E-state index in [0.717, 1.165) is 23.8 Å². The van der Waals surface area contributed by atoms with E-state index in [0.29, 0.717) is 28.1 Å². The summed E-state index contributed by atoms with van der Waals surface area (Å²) in [6, 6.07) is 30.0. The molecule has 0 saturated heterocycles. The minimum Gasteiger partial charge on any atom is -0.245 e. The fourth-order valence-corrected chi connectivity index (χ4v) is 4.47. The molecular weight excluding hydrogens is 596 g/mol. The zero-order valence-electron chi connectivity index (χ0n) is 15.6. The Kier molecular flexibility index (Phi) is 6.12. The van der Waals surface area contributed by atoms with Gasteiger partial charge in [0, 0.05) is 23.8 Å². The number of hydrogen-bond acceptors (Lipinski definition) is 3. The van der Waals surface area contributed by atoms with Gasteiger partial charge in [-0.25, -0.2) is 4.98 Å². The van der Waals surface area contributed by atoms with Crippen LogP contribution in [0.25, 0.3) is 33.6 Å². The fourth-order valence-electron chi connectivity index (χ4n) is 3.39. The van der Waals surface area contributed by atoms with E-state index in [1.165, 1.54) is 0 Å². The van der Waals surface area contributed by atoms with E-state index < -0.39 is 0 Å². The first kappa shape index (κ1) is 20.5. The predicted molar refractivity (Wildman–Crippen MR) is 135 cm³/mol. The van der Waals surface area contributed by atoms with Crippen molar-refractivity contribution < 1.29 is 0 Å². The average Bonchev–Trinajstić information content (AvgIpc) is 2.78. The van der Waals surface area contributed by atoms with E-state index in [9.17, 15) is 10.5 Å². The van der Waals surface area contributed by atoms with Crippen LogP contribution in [0.2, 0.25) is 0 Å². The van der Waals surface area contributed by atoms with Crippen molar-refractivity contribution >= 4 is 45.2 Å². The van der Waals surface area contributed by atoms with E-state index in [1.807, 2.05) is 78.9 Å². The van der Waals surface area contributed by atoms with Crippen molar-refractivity contribution in [1.82, 2.24) is 4.98 Å². The molecule has 1 heterocycles. The molecule has 0 amide bonds. The van der Waals surface area contributed by atoms with Gasteiger partial charge in [-0.2, -0.15) is 10.5 Å². The van der Waals surface area contributed by atoms with Gasteiger partial charge in [0.1, 0.15) is 12.1 Å². The molecule has 0 aliphatic carbocycles. The van der Waals surface area contributed by atoms with E-state index in [2.05, 4.69) is 57.3 Å². The second-order valence-corrected chi connectivity index (χ2v) is 9.04. The van der Waals surface area contributed by atoms with Crippen LogP contribution in [-0.4, -0.2) is 4.98 Å². The average molecular weight is 609 g/mol. The van der Waals surface area contributed by atoms with Gasteiger partial charge in [0.15, 0.2) is 0 Å². The molecule has 0 atom stereocenters. The van der Waals surface area contributed by atoms with E-state index in [-0.39, 0.29) is 0 Å². The highest BCUT2D eigenvalue weighted by Crippen LogP contribution is 2.38. The number of benzene rings is 3. The second-order valence-electron chi connectivity index (χ2n) is 6.54. The molecule has 0 unspecified atom stereocenters. The van der Waals surface area contributed by atoms with Crippen molar-refractivity contribution in [3.63, 3.8) is 0 Å². The van der Waals surface area contributed by atoms with Crippen LogP contribution in [0.1, 0.15) is 11.1 Å². The van der Waals surface area contributed by atoms with Crippen LogP contribution in [0.5, 0.6) is 0 Å². The summed E-state index contributed by atoms with van der Waals surface area (Å²) < 4.78 is 2.11. The first-order valence-electron chi connectivity index (χ1n) is 9.08.